The summed E-state index contributed by atoms with van der Waals surface area (Å²) >= 11 is 0. The number of allylic oxidation sites excluding steroid dienone is 1. The van der Waals surface area contributed by atoms with Crippen molar-refractivity contribution in [3.05, 3.63) is 55.3 Å². The second-order valence-corrected chi connectivity index (χ2v) is 2.31. The van der Waals surface area contributed by atoms with Gasteiger partial charge in [0.15, 0.2) is 0 Å². The first-order valence-corrected chi connectivity index (χ1v) is 4.63. The molecule has 1 aromatic carbocycles. The van der Waals surface area contributed by atoms with Crippen LogP contribution in [0.3, 0.4) is 0 Å². The van der Waals surface area contributed by atoms with Crippen LogP contribution in [-0.4, -0.2) is 0 Å². The molecule has 0 aromatic heterocycles. The molecule has 0 amide bonds. The molecule has 1 aliphatic carbocycles. The molecule has 0 N–H and O–H groups in total. The molecule has 0 saturated carbocycles. The first kappa shape index (κ1) is 16.3. The molecule has 0 aliphatic heterocycles. The van der Waals surface area contributed by atoms with E-state index in [4.69, 9.17) is 0 Å². The van der Waals surface area contributed by atoms with E-state index in [1.165, 1.54) is 11.1 Å². The average Bonchev–Trinajstić information content (AvgIpc) is 2.71. The van der Waals surface area contributed by atoms with E-state index in [1.807, 2.05) is 0 Å². The van der Waals surface area contributed by atoms with Crippen molar-refractivity contribution in [1.29, 1.82) is 0 Å². The van der Waals surface area contributed by atoms with E-state index in [0.717, 1.165) is 6.42 Å². The Hall–Kier alpha value is -0.157. The zero-order valence-corrected chi connectivity index (χ0v) is 11.5. The fraction of sp³-hybridized carbons (Fsp3) is 0.231. The van der Waals surface area contributed by atoms with Crippen LogP contribution in [0, 0.1) is 13.8 Å². The molecule has 14 heavy (non-hydrogen) atoms. The minimum absolute atomic E-state index is 0. The van der Waals surface area contributed by atoms with E-state index in [-0.39, 0.29) is 26.2 Å². The fourth-order valence-electron chi connectivity index (χ4n) is 1.20. The van der Waals surface area contributed by atoms with Gasteiger partial charge in [0, 0.05) is 0 Å². The van der Waals surface area contributed by atoms with E-state index in [1.54, 1.807) is 13.8 Å². The van der Waals surface area contributed by atoms with Crippen molar-refractivity contribution >= 4 is 6.08 Å². The number of hydrogen-bond donors (Lipinski definition) is 0. The van der Waals surface area contributed by atoms with Crippen LogP contribution in [0.5, 0.6) is 0 Å². The summed E-state index contributed by atoms with van der Waals surface area (Å²) in [5.41, 5.74) is 2.84. The minimum atomic E-state index is 0. The Morgan fingerprint density at radius 2 is 1.57 bits per heavy atom. The van der Waals surface area contributed by atoms with Crippen LogP contribution in [0.4, 0.5) is 0 Å². The molecule has 0 atom stereocenters. The fourth-order valence-corrected chi connectivity index (χ4v) is 1.20. The van der Waals surface area contributed by atoms with Crippen molar-refractivity contribution in [2.45, 2.75) is 20.3 Å². The van der Waals surface area contributed by atoms with Gasteiger partial charge in [0.2, 0.25) is 0 Å². The smallest absolute Gasteiger partial charge is 0.346 e. The Kier molecular flexibility index (Phi) is 12.7. The zero-order chi connectivity index (χ0) is 10.1. The van der Waals surface area contributed by atoms with Gasteiger partial charge >= 0.3 is 26.2 Å². The van der Waals surface area contributed by atoms with Gasteiger partial charge in [-0.1, -0.05) is 36.4 Å². The van der Waals surface area contributed by atoms with Crippen molar-refractivity contribution in [3.63, 3.8) is 0 Å². The molecule has 0 fully saturated rings. The molecular formula is C13H18Zr. The third-order valence-corrected chi connectivity index (χ3v) is 1.69. The first-order valence-electron chi connectivity index (χ1n) is 4.63. The van der Waals surface area contributed by atoms with Gasteiger partial charge in [-0.2, -0.15) is 13.8 Å². The second-order valence-electron chi connectivity index (χ2n) is 2.31. The van der Waals surface area contributed by atoms with Gasteiger partial charge < -0.3 is 13.8 Å². The maximum absolute atomic E-state index is 3.25. The van der Waals surface area contributed by atoms with Gasteiger partial charge in [-0.15, -0.1) is 0 Å². The SMILES string of the molecule is C1=Cc2ccccc2C1.[CH2-]C.[CH2-]C.[Zr+2]. The minimum Gasteiger partial charge on any atom is -0.346 e. The van der Waals surface area contributed by atoms with Gasteiger partial charge in [-0.3, -0.25) is 0 Å². The van der Waals surface area contributed by atoms with Crippen LogP contribution < -0.4 is 0 Å². The molecule has 0 radical (unpaired) electrons. The van der Waals surface area contributed by atoms with Gasteiger partial charge in [0.25, 0.3) is 0 Å². The average molecular weight is 266 g/mol. The van der Waals surface area contributed by atoms with E-state index >= 15 is 0 Å². The van der Waals surface area contributed by atoms with Gasteiger partial charge in [0.1, 0.15) is 0 Å². The normalized spacial score (nSPS) is 9.71. The third-order valence-electron chi connectivity index (χ3n) is 1.69. The quantitative estimate of drug-likeness (QED) is 0.623. The summed E-state index contributed by atoms with van der Waals surface area (Å²) in [6.07, 6.45) is 5.50. The van der Waals surface area contributed by atoms with Crippen molar-refractivity contribution in [1.82, 2.24) is 0 Å². The summed E-state index contributed by atoms with van der Waals surface area (Å²) in [6, 6.07) is 8.49. The Bertz CT molecular complexity index is 251. The molecule has 1 aromatic rings. The Balaban J connectivity index is 0. The topological polar surface area (TPSA) is 0 Å². The monoisotopic (exact) mass is 264 g/mol. The molecule has 0 unspecified atom stereocenters. The van der Waals surface area contributed by atoms with Crippen molar-refractivity contribution < 1.29 is 26.2 Å². The van der Waals surface area contributed by atoms with Gasteiger partial charge in [0.05, 0.1) is 0 Å². The molecule has 0 bridgehead atoms. The van der Waals surface area contributed by atoms with Crippen LogP contribution in [0.25, 0.3) is 6.08 Å². The number of benzene rings is 1. The van der Waals surface area contributed by atoms with E-state index in [2.05, 4.69) is 50.3 Å². The van der Waals surface area contributed by atoms with Crippen LogP contribution in [0.15, 0.2) is 30.3 Å². The van der Waals surface area contributed by atoms with E-state index in [0.29, 0.717) is 0 Å². The zero-order valence-electron chi connectivity index (χ0n) is 9.09. The maximum atomic E-state index is 3.25. The standard InChI is InChI=1S/C9H8.2C2H5.Zr/c1-2-5-9-7-3-6-8(9)4-1;2*1-2;/h1-6H,7H2;2*1H2,2H3;/q;2*-1;+2. The third kappa shape index (κ3) is 4.91. The van der Waals surface area contributed by atoms with Crippen LogP contribution >= 0.6 is 0 Å². The summed E-state index contributed by atoms with van der Waals surface area (Å²) in [5, 5.41) is 0. The predicted octanol–water partition coefficient (Wildman–Crippen LogP) is 3.93. The van der Waals surface area contributed by atoms with Gasteiger partial charge in [-0.05, 0) is 17.5 Å². The largest absolute Gasteiger partial charge is 2.00 e. The van der Waals surface area contributed by atoms with Crippen LogP contribution in [0.2, 0.25) is 0 Å². The number of rotatable bonds is 0. The van der Waals surface area contributed by atoms with Crippen LogP contribution in [0.1, 0.15) is 25.0 Å². The number of fused-ring (bicyclic) bond motifs is 1. The van der Waals surface area contributed by atoms with Gasteiger partial charge in [-0.25, -0.2) is 0 Å². The summed E-state index contributed by atoms with van der Waals surface area (Å²) in [5.74, 6) is 0. The van der Waals surface area contributed by atoms with E-state index < -0.39 is 0 Å². The summed E-state index contributed by atoms with van der Waals surface area (Å²) < 4.78 is 0. The molecule has 0 saturated heterocycles. The molecule has 74 valence electrons. The molecule has 0 nitrogen and oxygen atoms in total. The predicted molar refractivity (Wildman–Crippen MR) is 61.2 cm³/mol. The van der Waals surface area contributed by atoms with Crippen molar-refractivity contribution in [2.75, 3.05) is 0 Å². The summed E-state index contributed by atoms with van der Waals surface area (Å²) in [6.45, 7) is 10.0. The molecule has 0 spiro atoms. The first-order chi connectivity index (χ1) is 6.47. The molecule has 0 heterocycles. The van der Waals surface area contributed by atoms with E-state index in [9.17, 15) is 0 Å². The van der Waals surface area contributed by atoms with Crippen LogP contribution in [-0.2, 0) is 32.6 Å². The Labute approximate surface area is 108 Å². The molecule has 1 aliphatic rings. The number of hydrogen-bond acceptors (Lipinski definition) is 0. The summed E-state index contributed by atoms with van der Waals surface area (Å²) in [7, 11) is 0. The van der Waals surface area contributed by atoms with Crippen molar-refractivity contribution in [2.24, 2.45) is 0 Å². The second kappa shape index (κ2) is 10.9. The molecule has 2 rings (SSSR count). The molecular weight excluding hydrogens is 247 g/mol. The molecule has 1 heteroatoms. The maximum Gasteiger partial charge on any atom is 2.00 e. The Morgan fingerprint density at radius 1 is 1.00 bits per heavy atom. The van der Waals surface area contributed by atoms with Crippen molar-refractivity contribution in [3.8, 4) is 0 Å². The summed E-state index contributed by atoms with van der Waals surface area (Å²) in [4.78, 5) is 0. The Morgan fingerprint density at radius 3 is 2.14 bits per heavy atom.